The van der Waals surface area contributed by atoms with Gasteiger partial charge in [0.1, 0.15) is 5.69 Å². The molecule has 0 aliphatic rings. The normalized spacial score (nSPS) is 9.75. The van der Waals surface area contributed by atoms with Crippen molar-refractivity contribution in [2.75, 3.05) is 0 Å². The van der Waals surface area contributed by atoms with Crippen molar-refractivity contribution in [1.29, 1.82) is 0 Å². The van der Waals surface area contributed by atoms with Crippen LogP contribution in [0.15, 0.2) is 6.20 Å². The lowest BCUT2D eigenvalue weighted by molar-refractivity contribution is -0.385. The summed E-state index contributed by atoms with van der Waals surface area (Å²) in [6.45, 7) is 1.47. The second-order valence-electron chi connectivity index (χ2n) is 2.30. The van der Waals surface area contributed by atoms with E-state index in [-0.39, 0.29) is 16.9 Å². The first-order chi connectivity index (χ1) is 5.54. The number of carbonyl (C=O) groups is 1. The lowest BCUT2D eigenvalue weighted by Gasteiger charge is -1.90. The van der Waals surface area contributed by atoms with E-state index in [1.54, 1.807) is 0 Å². The summed E-state index contributed by atoms with van der Waals surface area (Å²) in [5.41, 5.74) is 5.17. The Balaban J connectivity index is 3.22. The number of rotatable bonds is 2. The lowest BCUT2D eigenvalue weighted by Crippen LogP contribution is -2.12. The van der Waals surface area contributed by atoms with Crippen LogP contribution in [0, 0.1) is 17.0 Å². The molecule has 1 aromatic rings. The molecule has 1 rings (SSSR count). The number of amides is 1. The predicted octanol–water partition coefficient (Wildman–Crippen LogP) is 0.330. The molecule has 64 valence electrons. The van der Waals surface area contributed by atoms with E-state index in [9.17, 15) is 14.9 Å². The Morgan fingerprint density at radius 3 is 2.58 bits per heavy atom. The number of aromatic amines is 1. The predicted molar refractivity (Wildman–Crippen MR) is 40.7 cm³/mol. The summed E-state index contributed by atoms with van der Waals surface area (Å²) in [7, 11) is 0. The lowest BCUT2D eigenvalue weighted by atomic mass is 10.2. The Morgan fingerprint density at radius 1 is 1.75 bits per heavy atom. The van der Waals surface area contributed by atoms with Crippen molar-refractivity contribution in [3.63, 3.8) is 0 Å². The SMILES string of the molecule is Cc1c([N+](=O)[O-])c[nH]c1C(N)=O. The average Bonchev–Trinajstić information content (AvgIpc) is 2.30. The zero-order chi connectivity index (χ0) is 9.30. The zero-order valence-corrected chi connectivity index (χ0v) is 6.33. The van der Waals surface area contributed by atoms with Gasteiger partial charge in [0.2, 0.25) is 0 Å². The van der Waals surface area contributed by atoms with Crippen LogP contribution < -0.4 is 5.73 Å². The fourth-order valence-corrected chi connectivity index (χ4v) is 0.931. The van der Waals surface area contributed by atoms with Gasteiger partial charge in [0.05, 0.1) is 16.7 Å². The van der Waals surface area contributed by atoms with Gasteiger partial charge in [-0.2, -0.15) is 0 Å². The maximum atomic E-state index is 10.6. The number of H-pyrrole nitrogens is 1. The second kappa shape index (κ2) is 2.65. The van der Waals surface area contributed by atoms with Crippen LogP contribution in [-0.4, -0.2) is 15.8 Å². The minimum Gasteiger partial charge on any atom is -0.364 e. The van der Waals surface area contributed by atoms with E-state index in [0.717, 1.165) is 6.20 Å². The van der Waals surface area contributed by atoms with E-state index in [1.165, 1.54) is 6.92 Å². The van der Waals surface area contributed by atoms with Crippen molar-refractivity contribution >= 4 is 11.6 Å². The van der Waals surface area contributed by atoms with Gasteiger partial charge in [-0.1, -0.05) is 0 Å². The van der Waals surface area contributed by atoms with Crippen molar-refractivity contribution in [3.05, 3.63) is 27.6 Å². The molecule has 12 heavy (non-hydrogen) atoms. The fraction of sp³-hybridized carbons (Fsp3) is 0.167. The molecule has 0 aliphatic carbocycles. The maximum absolute atomic E-state index is 10.6. The second-order valence-corrected chi connectivity index (χ2v) is 2.30. The number of nitro groups is 1. The molecule has 0 unspecified atom stereocenters. The summed E-state index contributed by atoms with van der Waals surface area (Å²) in [5.74, 6) is -0.694. The quantitative estimate of drug-likeness (QED) is 0.492. The third-order valence-electron chi connectivity index (χ3n) is 1.56. The van der Waals surface area contributed by atoms with E-state index < -0.39 is 10.8 Å². The third-order valence-corrected chi connectivity index (χ3v) is 1.56. The summed E-state index contributed by atoms with van der Waals surface area (Å²) in [6, 6.07) is 0. The molecule has 0 spiro atoms. The van der Waals surface area contributed by atoms with Crippen molar-refractivity contribution in [2.45, 2.75) is 6.92 Å². The molecule has 1 amide bonds. The topological polar surface area (TPSA) is 102 Å². The number of hydrogen-bond acceptors (Lipinski definition) is 3. The zero-order valence-electron chi connectivity index (χ0n) is 6.33. The summed E-state index contributed by atoms with van der Waals surface area (Å²) in [5, 5.41) is 10.3. The van der Waals surface area contributed by atoms with Crippen LogP contribution in [0.1, 0.15) is 16.1 Å². The molecule has 0 fully saturated rings. The molecule has 0 aromatic carbocycles. The third kappa shape index (κ3) is 1.14. The van der Waals surface area contributed by atoms with Gasteiger partial charge in [-0.15, -0.1) is 0 Å². The number of hydrogen-bond donors (Lipinski definition) is 2. The highest BCUT2D eigenvalue weighted by Gasteiger charge is 2.18. The molecule has 0 radical (unpaired) electrons. The first-order valence-corrected chi connectivity index (χ1v) is 3.16. The van der Waals surface area contributed by atoms with Crippen LogP contribution in [0.25, 0.3) is 0 Å². The summed E-state index contributed by atoms with van der Waals surface area (Å²) >= 11 is 0. The smallest absolute Gasteiger partial charge is 0.290 e. The average molecular weight is 169 g/mol. The van der Waals surface area contributed by atoms with Crippen molar-refractivity contribution < 1.29 is 9.72 Å². The molecule has 0 saturated carbocycles. The van der Waals surface area contributed by atoms with Gasteiger partial charge < -0.3 is 10.7 Å². The van der Waals surface area contributed by atoms with E-state index in [0.29, 0.717) is 0 Å². The van der Waals surface area contributed by atoms with E-state index in [2.05, 4.69) is 4.98 Å². The van der Waals surface area contributed by atoms with Gasteiger partial charge in [-0.05, 0) is 6.92 Å². The number of primary amides is 1. The van der Waals surface area contributed by atoms with E-state index >= 15 is 0 Å². The minimum absolute atomic E-state index is 0.0849. The first-order valence-electron chi connectivity index (χ1n) is 3.16. The van der Waals surface area contributed by atoms with Gasteiger partial charge in [0.25, 0.3) is 11.6 Å². The molecule has 1 aromatic heterocycles. The largest absolute Gasteiger partial charge is 0.364 e. The molecule has 6 heteroatoms. The van der Waals surface area contributed by atoms with E-state index in [1.807, 2.05) is 0 Å². The van der Waals surface area contributed by atoms with E-state index in [4.69, 9.17) is 5.73 Å². The van der Waals surface area contributed by atoms with Crippen LogP contribution in [0.4, 0.5) is 5.69 Å². The molecule has 0 atom stereocenters. The summed E-state index contributed by atoms with van der Waals surface area (Å²) in [4.78, 5) is 22.8. The molecule has 3 N–H and O–H groups in total. The van der Waals surface area contributed by atoms with Crippen molar-refractivity contribution in [3.8, 4) is 0 Å². The Labute approximate surface area is 67.5 Å². The Kier molecular flexibility index (Phi) is 1.82. The molecule has 0 saturated heterocycles. The van der Waals surface area contributed by atoms with Crippen LogP contribution in [0.2, 0.25) is 0 Å². The molecular weight excluding hydrogens is 162 g/mol. The Morgan fingerprint density at radius 2 is 2.33 bits per heavy atom. The maximum Gasteiger partial charge on any atom is 0.290 e. The Hall–Kier alpha value is -1.85. The van der Waals surface area contributed by atoms with Crippen LogP contribution in [0.3, 0.4) is 0 Å². The van der Waals surface area contributed by atoms with Crippen molar-refractivity contribution in [1.82, 2.24) is 4.98 Å². The van der Waals surface area contributed by atoms with Gasteiger partial charge in [0, 0.05) is 0 Å². The van der Waals surface area contributed by atoms with Crippen LogP contribution >= 0.6 is 0 Å². The fourth-order valence-electron chi connectivity index (χ4n) is 0.931. The van der Waals surface area contributed by atoms with Gasteiger partial charge in [-0.25, -0.2) is 0 Å². The van der Waals surface area contributed by atoms with Crippen molar-refractivity contribution in [2.24, 2.45) is 5.73 Å². The minimum atomic E-state index is -0.694. The summed E-state index contributed by atoms with van der Waals surface area (Å²) in [6.07, 6.45) is 1.15. The standard InChI is InChI=1S/C6H7N3O3/c1-3-4(9(11)12)2-8-5(3)6(7)10/h2,8H,1H3,(H2,7,10). The molecule has 0 bridgehead atoms. The first kappa shape index (κ1) is 8.25. The molecule has 0 aliphatic heterocycles. The van der Waals surface area contributed by atoms with Gasteiger partial charge in [0.15, 0.2) is 0 Å². The number of nitrogens with zero attached hydrogens (tertiary/aromatic N) is 1. The highest BCUT2D eigenvalue weighted by molar-refractivity contribution is 5.93. The summed E-state index contributed by atoms with van der Waals surface area (Å²) < 4.78 is 0. The monoisotopic (exact) mass is 169 g/mol. The molecular formula is C6H7N3O3. The highest BCUT2D eigenvalue weighted by atomic mass is 16.6. The molecule has 1 heterocycles. The number of nitrogens with one attached hydrogen (secondary N) is 1. The Bertz CT molecular complexity index is 310. The highest BCUT2D eigenvalue weighted by Crippen LogP contribution is 2.19. The van der Waals surface area contributed by atoms with Crippen LogP contribution in [-0.2, 0) is 0 Å². The number of carbonyl (C=O) groups excluding carboxylic acids is 1. The molecule has 6 nitrogen and oxygen atoms in total. The van der Waals surface area contributed by atoms with Gasteiger partial charge >= 0.3 is 0 Å². The number of aromatic nitrogens is 1. The van der Waals surface area contributed by atoms with Gasteiger partial charge in [-0.3, -0.25) is 14.9 Å². The number of nitrogens with two attached hydrogens (primary N) is 1. The van der Waals surface area contributed by atoms with Crippen LogP contribution in [0.5, 0.6) is 0 Å².